The third-order valence-electron chi connectivity index (χ3n) is 1.35. The highest BCUT2D eigenvalue weighted by atomic mass is 32.2. The molecule has 0 rings (SSSR count). The van der Waals surface area contributed by atoms with Gasteiger partial charge in [-0.05, 0) is 5.92 Å². The van der Waals surface area contributed by atoms with Gasteiger partial charge in [-0.1, -0.05) is 26.1 Å². The first-order valence-electron chi connectivity index (χ1n) is 4.36. The second-order valence-electron chi connectivity index (χ2n) is 3.36. The average molecular weight is 239 g/mol. The molecule has 0 fully saturated rings. The predicted octanol–water partition coefficient (Wildman–Crippen LogP) is -0.257. The van der Waals surface area contributed by atoms with Gasteiger partial charge in [0.15, 0.2) is 0 Å². The number of nitrogens with one attached hydrogen (secondary N) is 2. The minimum atomic E-state index is -3.39. The zero-order chi connectivity index (χ0) is 11.2. The van der Waals surface area contributed by atoms with Gasteiger partial charge < -0.3 is 5.73 Å². The fourth-order valence-electron chi connectivity index (χ4n) is 0.636. The maximum atomic E-state index is 11.2. The summed E-state index contributed by atoms with van der Waals surface area (Å²) in [4.78, 5) is 0.302. The van der Waals surface area contributed by atoms with E-state index in [0.717, 1.165) is 0 Å². The lowest BCUT2D eigenvalue weighted by Gasteiger charge is -2.09. The molecule has 14 heavy (non-hydrogen) atoms. The molecule has 0 unspecified atom stereocenters. The molecular formula is C7H17N3O2S2. The van der Waals surface area contributed by atoms with Gasteiger partial charge in [-0.25, -0.2) is 9.44 Å². The van der Waals surface area contributed by atoms with Crippen molar-refractivity contribution in [2.75, 3.05) is 13.1 Å². The Hall–Kier alpha value is -0.240. The summed E-state index contributed by atoms with van der Waals surface area (Å²) < 4.78 is 27.2. The van der Waals surface area contributed by atoms with Crippen molar-refractivity contribution in [3.05, 3.63) is 0 Å². The van der Waals surface area contributed by atoms with Crippen LogP contribution in [-0.2, 0) is 10.2 Å². The normalized spacial score (nSPS) is 11.9. The van der Waals surface area contributed by atoms with E-state index in [0.29, 0.717) is 18.0 Å². The Labute approximate surface area is 90.6 Å². The van der Waals surface area contributed by atoms with Gasteiger partial charge in [0.1, 0.15) is 0 Å². The van der Waals surface area contributed by atoms with E-state index in [9.17, 15) is 8.42 Å². The summed E-state index contributed by atoms with van der Waals surface area (Å²) in [5.41, 5.74) is 5.22. The Bertz CT molecular complexity index is 275. The van der Waals surface area contributed by atoms with E-state index in [1.165, 1.54) is 0 Å². The Morgan fingerprint density at radius 1 is 1.43 bits per heavy atom. The van der Waals surface area contributed by atoms with E-state index in [2.05, 4.69) is 21.7 Å². The zero-order valence-corrected chi connectivity index (χ0v) is 10.0. The topological polar surface area (TPSA) is 84.2 Å². The first-order chi connectivity index (χ1) is 6.33. The molecule has 0 bridgehead atoms. The van der Waals surface area contributed by atoms with Gasteiger partial charge in [0.05, 0.1) is 4.99 Å². The van der Waals surface area contributed by atoms with Crippen LogP contribution in [0.3, 0.4) is 0 Å². The van der Waals surface area contributed by atoms with Gasteiger partial charge in [0.25, 0.3) is 10.2 Å². The molecule has 5 nitrogen and oxygen atoms in total. The molecule has 4 N–H and O–H groups in total. The summed E-state index contributed by atoms with van der Waals surface area (Å²) >= 11 is 4.61. The smallest absolute Gasteiger partial charge is 0.276 e. The van der Waals surface area contributed by atoms with E-state index in [4.69, 9.17) is 5.73 Å². The van der Waals surface area contributed by atoms with Crippen LogP contribution in [0, 0.1) is 5.92 Å². The van der Waals surface area contributed by atoms with E-state index < -0.39 is 10.2 Å². The third kappa shape index (κ3) is 8.36. The lowest BCUT2D eigenvalue weighted by molar-refractivity contribution is 0.548. The van der Waals surface area contributed by atoms with E-state index in [1.54, 1.807) is 0 Å². The van der Waals surface area contributed by atoms with E-state index in [-0.39, 0.29) is 12.5 Å². The summed E-state index contributed by atoms with van der Waals surface area (Å²) in [5, 5.41) is 0. The predicted molar refractivity (Wildman–Crippen MR) is 61.2 cm³/mol. The summed E-state index contributed by atoms with van der Waals surface area (Å²) in [6.07, 6.45) is 0.373. The van der Waals surface area contributed by atoms with E-state index in [1.807, 2.05) is 13.8 Å². The van der Waals surface area contributed by atoms with Gasteiger partial charge in [0, 0.05) is 19.5 Å². The first-order valence-corrected chi connectivity index (χ1v) is 6.25. The highest BCUT2D eigenvalue weighted by Gasteiger charge is 2.08. The van der Waals surface area contributed by atoms with Gasteiger partial charge in [-0.2, -0.15) is 8.42 Å². The first kappa shape index (κ1) is 13.8. The minimum absolute atomic E-state index is 0.239. The average Bonchev–Trinajstić information content (AvgIpc) is 2.00. The van der Waals surface area contributed by atoms with Crippen molar-refractivity contribution < 1.29 is 8.42 Å². The lowest BCUT2D eigenvalue weighted by atomic mass is 10.2. The van der Waals surface area contributed by atoms with Crippen molar-refractivity contribution in [2.45, 2.75) is 20.3 Å². The fourth-order valence-corrected chi connectivity index (χ4v) is 1.76. The molecule has 0 saturated carbocycles. The Morgan fingerprint density at radius 2 is 2.00 bits per heavy atom. The van der Waals surface area contributed by atoms with Crippen molar-refractivity contribution in [1.82, 2.24) is 9.44 Å². The SMILES string of the molecule is CC(C)CNS(=O)(=O)NCCC(N)=S. The highest BCUT2D eigenvalue weighted by molar-refractivity contribution is 7.87. The van der Waals surface area contributed by atoms with Gasteiger partial charge in [0.2, 0.25) is 0 Å². The second-order valence-corrected chi connectivity index (χ2v) is 5.46. The highest BCUT2D eigenvalue weighted by Crippen LogP contribution is 1.89. The molecule has 0 aromatic rings. The monoisotopic (exact) mass is 239 g/mol. The number of hydrogen-bond donors (Lipinski definition) is 3. The molecule has 0 heterocycles. The molecule has 0 saturated heterocycles. The zero-order valence-electron chi connectivity index (χ0n) is 8.41. The quantitative estimate of drug-likeness (QED) is 0.535. The van der Waals surface area contributed by atoms with Crippen LogP contribution in [-0.4, -0.2) is 26.5 Å². The van der Waals surface area contributed by atoms with E-state index >= 15 is 0 Å². The molecular weight excluding hydrogens is 222 g/mol. The largest absolute Gasteiger partial charge is 0.393 e. The maximum absolute atomic E-state index is 11.2. The maximum Gasteiger partial charge on any atom is 0.276 e. The van der Waals surface area contributed by atoms with Crippen LogP contribution < -0.4 is 15.2 Å². The second kappa shape index (κ2) is 6.28. The van der Waals surface area contributed by atoms with Crippen molar-refractivity contribution in [3.8, 4) is 0 Å². The molecule has 0 aliphatic rings. The molecule has 7 heteroatoms. The fraction of sp³-hybridized carbons (Fsp3) is 0.857. The Kier molecular flexibility index (Phi) is 6.17. The molecule has 0 aromatic heterocycles. The van der Waals surface area contributed by atoms with Crippen molar-refractivity contribution in [3.63, 3.8) is 0 Å². The summed E-state index contributed by atoms with van der Waals surface area (Å²) in [7, 11) is -3.39. The summed E-state index contributed by atoms with van der Waals surface area (Å²) in [5.74, 6) is 0.280. The van der Waals surface area contributed by atoms with Gasteiger partial charge in [-0.15, -0.1) is 0 Å². The minimum Gasteiger partial charge on any atom is -0.393 e. The van der Waals surface area contributed by atoms with Crippen molar-refractivity contribution in [2.24, 2.45) is 11.7 Å². The molecule has 0 aliphatic heterocycles. The summed E-state index contributed by atoms with van der Waals surface area (Å²) in [6, 6.07) is 0. The third-order valence-corrected chi connectivity index (χ3v) is 2.68. The summed E-state index contributed by atoms with van der Waals surface area (Å²) in [6.45, 7) is 4.51. The van der Waals surface area contributed by atoms with Crippen LogP contribution in [0.25, 0.3) is 0 Å². The van der Waals surface area contributed by atoms with Crippen molar-refractivity contribution >= 4 is 27.4 Å². The molecule has 0 radical (unpaired) electrons. The molecule has 0 amide bonds. The number of hydrogen-bond acceptors (Lipinski definition) is 3. The van der Waals surface area contributed by atoms with Crippen LogP contribution in [0.4, 0.5) is 0 Å². The van der Waals surface area contributed by atoms with Gasteiger partial charge in [-0.3, -0.25) is 0 Å². The molecule has 0 spiro atoms. The Balaban J connectivity index is 3.79. The van der Waals surface area contributed by atoms with Crippen molar-refractivity contribution in [1.29, 1.82) is 0 Å². The van der Waals surface area contributed by atoms with Gasteiger partial charge >= 0.3 is 0 Å². The van der Waals surface area contributed by atoms with Crippen LogP contribution in [0.1, 0.15) is 20.3 Å². The number of rotatable bonds is 7. The van der Waals surface area contributed by atoms with Crippen LogP contribution in [0.15, 0.2) is 0 Å². The van der Waals surface area contributed by atoms with Crippen LogP contribution in [0.2, 0.25) is 0 Å². The molecule has 0 aliphatic carbocycles. The molecule has 0 atom stereocenters. The van der Waals surface area contributed by atoms with Crippen LogP contribution in [0.5, 0.6) is 0 Å². The number of thiocarbonyl (C=S) groups is 1. The molecule has 0 aromatic carbocycles. The van der Waals surface area contributed by atoms with Crippen LogP contribution >= 0.6 is 12.2 Å². The lowest BCUT2D eigenvalue weighted by Crippen LogP contribution is -2.39. The Morgan fingerprint density at radius 3 is 2.43 bits per heavy atom. The standard InChI is InChI=1S/C7H17N3O2S2/c1-6(2)5-10-14(11,12)9-4-3-7(8)13/h6,9-10H,3-5H2,1-2H3,(H2,8,13). The molecule has 84 valence electrons. The number of nitrogens with two attached hydrogens (primary N) is 1.